The lowest BCUT2D eigenvalue weighted by Crippen LogP contribution is -2.35. The Hall–Kier alpha value is -1.32. The van der Waals surface area contributed by atoms with Crippen LogP contribution in [-0.4, -0.2) is 13.1 Å². The molecule has 0 fully saturated rings. The summed E-state index contributed by atoms with van der Waals surface area (Å²) in [7, 11) is 0. The lowest BCUT2D eigenvalue weighted by atomic mass is 9.85. The van der Waals surface area contributed by atoms with Crippen molar-refractivity contribution in [2.75, 3.05) is 13.1 Å². The Morgan fingerprint density at radius 2 is 1.76 bits per heavy atom. The highest BCUT2D eigenvalue weighted by Gasteiger charge is 2.21. The molecule has 3 N–H and O–H groups in total. The van der Waals surface area contributed by atoms with E-state index >= 15 is 0 Å². The van der Waals surface area contributed by atoms with Crippen LogP contribution in [0.2, 0.25) is 0 Å². The average Bonchev–Trinajstić information content (AvgIpc) is 2.87. The molecule has 1 atom stereocenters. The van der Waals surface area contributed by atoms with Crippen LogP contribution in [-0.2, 0) is 0 Å². The summed E-state index contributed by atoms with van der Waals surface area (Å²) >= 11 is 0. The summed E-state index contributed by atoms with van der Waals surface area (Å²) < 4.78 is 5.64. The highest BCUT2D eigenvalue weighted by Crippen LogP contribution is 2.27. The van der Waals surface area contributed by atoms with Gasteiger partial charge in [0.05, 0.1) is 6.26 Å². The van der Waals surface area contributed by atoms with Gasteiger partial charge in [-0.25, -0.2) is 0 Å². The van der Waals surface area contributed by atoms with Crippen LogP contribution >= 0.6 is 0 Å². The summed E-state index contributed by atoms with van der Waals surface area (Å²) in [5.41, 5.74) is 8.08. The van der Waals surface area contributed by atoms with Crippen LogP contribution in [0.5, 0.6) is 0 Å². The Bertz CT molecular complexity index is 551. The molecular formula is C18H28N2O. The molecule has 21 heavy (non-hydrogen) atoms. The van der Waals surface area contributed by atoms with Gasteiger partial charge in [-0.3, -0.25) is 0 Å². The van der Waals surface area contributed by atoms with Gasteiger partial charge in [0.1, 0.15) is 5.58 Å². The maximum Gasteiger partial charge on any atom is 0.134 e. The van der Waals surface area contributed by atoms with Gasteiger partial charge in [-0.05, 0) is 30.4 Å². The van der Waals surface area contributed by atoms with Crippen LogP contribution in [0.4, 0.5) is 0 Å². The molecule has 0 aliphatic carbocycles. The molecule has 1 aromatic heterocycles. The third-order valence-corrected chi connectivity index (χ3v) is 4.43. The van der Waals surface area contributed by atoms with Crippen LogP contribution < -0.4 is 11.1 Å². The number of rotatable bonds is 7. The van der Waals surface area contributed by atoms with Gasteiger partial charge in [-0.2, -0.15) is 0 Å². The van der Waals surface area contributed by atoms with Gasteiger partial charge >= 0.3 is 0 Å². The second-order valence-electron chi connectivity index (χ2n) is 6.54. The molecule has 0 amide bonds. The molecule has 116 valence electrons. The molecule has 0 bridgehead atoms. The fraction of sp³-hybridized carbons (Fsp3) is 0.556. The van der Waals surface area contributed by atoms with Crippen molar-refractivity contribution < 1.29 is 4.42 Å². The molecule has 1 aromatic carbocycles. The highest BCUT2D eigenvalue weighted by atomic mass is 16.3. The van der Waals surface area contributed by atoms with E-state index < -0.39 is 0 Å². The van der Waals surface area contributed by atoms with Crippen molar-refractivity contribution in [1.82, 2.24) is 5.32 Å². The first-order valence-corrected chi connectivity index (χ1v) is 7.94. The van der Waals surface area contributed by atoms with Crippen molar-refractivity contribution >= 4 is 11.0 Å². The zero-order chi connectivity index (χ0) is 15.4. The van der Waals surface area contributed by atoms with E-state index in [4.69, 9.17) is 10.2 Å². The van der Waals surface area contributed by atoms with E-state index in [1.54, 1.807) is 0 Å². The molecule has 1 heterocycles. The maximum absolute atomic E-state index is 5.99. The minimum atomic E-state index is 0.147. The SMILES string of the molecule is CC(C)C(CNC(CN)c1coc2ccccc12)C(C)C. The summed E-state index contributed by atoms with van der Waals surface area (Å²) in [4.78, 5) is 0. The second kappa shape index (κ2) is 7.10. The minimum Gasteiger partial charge on any atom is -0.464 e. The van der Waals surface area contributed by atoms with Crippen molar-refractivity contribution in [3.63, 3.8) is 0 Å². The lowest BCUT2D eigenvalue weighted by molar-refractivity contribution is 0.266. The quantitative estimate of drug-likeness (QED) is 0.811. The first-order chi connectivity index (χ1) is 10.0. The van der Waals surface area contributed by atoms with Gasteiger partial charge in [0.25, 0.3) is 0 Å². The number of hydrogen-bond acceptors (Lipinski definition) is 3. The molecule has 0 saturated carbocycles. The van der Waals surface area contributed by atoms with E-state index in [1.165, 1.54) is 5.56 Å². The third-order valence-electron chi connectivity index (χ3n) is 4.43. The summed E-state index contributed by atoms with van der Waals surface area (Å²) in [5.74, 6) is 1.98. The minimum absolute atomic E-state index is 0.147. The first-order valence-electron chi connectivity index (χ1n) is 7.94. The average molecular weight is 288 g/mol. The van der Waals surface area contributed by atoms with Gasteiger partial charge in [-0.15, -0.1) is 0 Å². The monoisotopic (exact) mass is 288 g/mol. The number of benzene rings is 1. The van der Waals surface area contributed by atoms with Crippen LogP contribution in [0.15, 0.2) is 34.9 Å². The van der Waals surface area contributed by atoms with Crippen molar-refractivity contribution in [2.24, 2.45) is 23.5 Å². The molecule has 0 aliphatic heterocycles. The zero-order valence-corrected chi connectivity index (χ0v) is 13.6. The van der Waals surface area contributed by atoms with Crippen LogP contribution in [0, 0.1) is 17.8 Å². The summed E-state index contributed by atoms with van der Waals surface area (Å²) in [6.45, 7) is 10.7. The van der Waals surface area contributed by atoms with E-state index in [0.717, 1.165) is 17.5 Å². The molecular weight excluding hydrogens is 260 g/mol. The molecule has 0 spiro atoms. The molecule has 0 aliphatic rings. The molecule has 2 rings (SSSR count). The van der Waals surface area contributed by atoms with E-state index in [2.05, 4.69) is 39.1 Å². The Morgan fingerprint density at radius 1 is 1.10 bits per heavy atom. The van der Waals surface area contributed by atoms with E-state index in [-0.39, 0.29) is 6.04 Å². The van der Waals surface area contributed by atoms with Crippen molar-refractivity contribution in [3.05, 3.63) is 36.1 Å². The Kier molecular flexibility index (Phi) is 5.43. The van der Waals surface area contributed by atoms with E-state index in [9.17, 15) is 0 Å². The third kappa shape index (κ3) is 3.66. The number of hydrogen-bond donors (Lipinski definition) is 2. The standard InChI is InChI=1S/C18H28N2O/c1-12(2)15(13(3)4)10-20-17(9-19)16-11-21-18-8-6-5-7-14(16)18/h5-8,11-13,15,17,20H,9-10,19H2,1-4H3. The predicted octanol–water partition coefficient (Wildman–Crippen LogP) is 3.95. The Balaban J connectivity index is 2.13. The summed E-state index contributed by atoms with van der Waals surface area (Å²) in [5, 5.41) is 4.80. The molecule has 3 nitrogen and oxygen atoms in total. The molecule has 3 heteroatoms. The number of fused-ring (bicyclic) bond motifs is 1. The summed E-state index contributed by atoms with van der Waals surface area (Å²) in [6.07, 6.45) is 1.84. The Morgan fingerprint density at radius 3 is 2.38 bits per heavy atom. The smallest absolute Gasteiger partial charge is 0.134 e. The highest BCUT2D eigenvalue weighted by molar-refractivity contribution is 5.81. The van der Waals surface area contributed by atoms with Crippen LogP contribution in [0.25, 0.3) is 11.0 Å². The van der Waals surface area contributed by atoms with E-state index in [1.807, 2.05) is 24.5 Å². The topological polar surface area (TPSA) is 51.2 Å². The van der Waals surface area contributed by atoms with E-state index in [0.29, 0.717) is 24.3 Å². The number of furan rings is 1. The van der Waals surface area contributed by atoms with Gasteiger partial charge in [0.15, 0.2) is 0 Å². The largest absolute Gasteiger partial charge is 0.464 e. The van der Waals surface area contributed by atoms with Crippen LogP contribution in [0.3, 0.4) is 0 Å². The van der Waals surface area contributed by atoms with Crippen molar-refractivity contribution in [1.29, 1.82) is 0 Å². The molecule has 0 saturated heterocycles. The number of para-hydroxylation sites is 1. The normalized spacial score (nSPS) is 13.7. The summed E-state index contributed by atoms with van der Waals surface area (Å²) in [6, 6.07) is 8.28. The lowest BCUT2D eigenvalue weighted by Gasteiger charge is -2.27. The van der Waals surface area contributed by atoms with Crippen molar-refractivity contribution in [2.45, 2.75) is 33.7 Å². The van der Waals surface area contributed by atoms with Gasteiger partial charge < -0.3 is 15.5 Å². The molecule has 1 unspecified atom stereocenters. The second-order valence-corrected chi connectivity index (χ2v) is 6.54. The van der Waals surface area contributed by atoms with Gasteiger partial charge in [0, 0.05) is 23.5 Å². The maximum atomic E-state index is 5.99. The fourth-order valence-corrected chi connectivity index (χ4v) is 3.11. The van der Waals surface area contributed by atoms with Crippen LogP contribution in [0.1, 0.15) is 39.3 Å². The fourth-order valence-electron chi connectivity index (χ4n) is 3.11. The number of nitrogens with one attached hydrogen (secondary N) is 1. The predicted molar refractivity (Wildman–Crippen MR) is 89.2 cm³/mol. The Labute approximate surface area is 127 Å². The van der Waals surface area contributed by atoms with Crippen molar-refractivity contribution in [3.8, 4) is 0 Å². The number of nitrogens with two attached hydrogens (primary N) is 1. The molecule has 2 aromatic rings. The molecule has 0 radical (unpaired) electrons. The van der Waals surface area contributed by atoms with Gasteiger partial charge in [0.2, 0.25) is 0 Å². The zero-order valence-electron chi connectivity index (χ0n) is 13.6. The van der Waals surface area contributed by atoms with Gasteiger partial charge in [-0.1, -0.05) is 45.9 Å². The first kappa shape index (κ1) is 16.1.